The number of ketones is 1. The molecule has 2 heterocycles. The monoisotopic (exact) mass is 408 g/mol. The molecule has 0 spiro atoms. The van der Waals surface area contributed by atoms with E-state index in [1.807, 2.05) is 36.6 Å². The lowest BCUT2D eigenvalue weighted by Gasteiger charge is -2.08. The van der Waals surface area contributed by atoms with Crippen LogP contribution in [0.1, 0.15) is 27.3 Å². The van der Waals surface area contributed by atoms with Gasteiger partial charge in [-0.3, -0.25) is 9.59 Å². The van der Waals surface area contributed by atoms with Gasteiger partial charge in [-0.25, -0.2) is 4.79 Å². The summed E-state index contributed by atoms with van der Waals surface area (Å²) in [6.45, 7) is 4.58. The molecule has 0 fully saturated rings. The smallest absolute Gasteiger partial charge is 0.331 e. The van der Waals surface area contributed by atoms with Crippen LogP contribution in [0.4, 0.5) is 0 Å². The van der Waals surface area contributed by atoms with Crippen LogP contribution < -0.4 is 5.56 Å². The number of methoxy groups -OCH3 is 1. The molecule has 156 valence electrons. The van der Waals surface area contributed by atoms with Crippen LogP contribution in [0.2, 0.25) is 0 Å². The maximum atomic E-state index is 12.5. The Bertz CT molecular complexity index is 1170. The Morgan fingerprint density at radius 3 is 2.70 bits per heavy atom. The summed E-state index contributed by atoms with van der Waals surface area (Å²) in [6.07, 6.45) is 2.53. The lowest BCUT2D eigenvalue weighted by molar-refractivity contribution is -0.136. The van der Waals surface area contributed by atoms with E-state index < -0.39 is 5.97 Å². The van der Waals surface area contributed by atoms with E-state index in [1.165, 1.54) is 6.08 Å². The highest BCUT2D eigenvalue weighted by Crippen LogP contribution is 2.16. The second-order valence-corrected chi connectivity index (χ2v) is 6.93. The van der Waals surface area contributed by atoms with E-state index in [2.05, 4.69) is 4.98 Å². The molecule has 0 aliphatic carbocycles. The molecule has 3 rings (SSSR count). The van der Waals surface area contributed by atoms with Crippen LogP contribution >= 0.6 is 0 Å². The number of benzene rings is 1. The molecular formula is C23H24N2O5. The van der Waals surface area contributed by atoms with Crippen molar-refractivity contribution < 1.29 is 19.1 Å². The average Bonchev–Trinajstić information content (AvgIpc) is 3.02. The Labute approximate surface area is 173 Å². The SMILES string of the molecule is COCCn1c(C)cc(C(=O)COC(=O)C=Cc2cc3ccccc3[nH]c2=O)c1C. The zero-order valence-corrected chi connectivity index (χ0v) is 17.2. The van der Waals surface area contributed by atoms with Gasteiger partial charge in [0, 0.05) is 47.8 Å². The third-order valence-corrected chi connectivity index (χ3v) is 4.92. The van der Waals surface area contributed by atoms with Gasteiger partial charge in [-0.1, -0.05) is 18.2 Å². The number of aromatic amines is 1. The van der Waals surface area contributed by atoms with E-state index in [-0.39, 0.29) is 17.9 Å². The second kappa shape index (κ2) is 9.37. The predicted molar refractivity (Wildman–Crippen MR) is 115 cm³/mol. The average molecular weight is 408 g/mol. The number of esters is 1. The predicted octanol–water partition coefficient (Wildman–Crippen LogP) is 3.03. The number of pyridine rings is 1. The molecule has 1 aromatic carbocycles. The van der Waals surface area contributed by atoms with Gasteiger partial charge in [0.25, 0.3) is 5.56 Å². The molecule has 0 radical (unpaired) electrons. The van der Waals surface area contributed by atoms with E-state index in [0.717, 1.165) is 28.4 Å². The number of rotatable bonds is 8. The van der Waals surface area contributed by atoms with Crippen LogP contribution in [0.15, 0.2) is 47.3 Å². The number of hydrogen-bond donors (Lipinski definition) is 1. The molecule has 2 aromatic heterocycles. The summed E-state index contributed by atoms with van der Waals surface area (Å²) in [4.78, 5) is 39.4. The van der Waals surface area contributed by atoms with Crippen LogP contribution in [-0.2, 0) is 20.8 Å². The van der Waals surface area contributed by atoms with Gasteiger partial charge < -0.3 is 19.0 Å². The molecule has 0 aliphatic rings. The Kier molecular flexibility index (Phi) is 6.64. The van der Waals surface area contributed by atoms with Gasteiger partial charge in [-0.15, -0.1) is 0 Å². The van der Waals surface area contributed by atoms with Crippen molar-refractivity contribution in [3.8, 4) is 0 Å². The molecular weight excluding hydrogens is 384 g/mol. The second-order valence-electron chi connectivity index (χ2n) is 6.93. The molecule has 1 N–H and O–H groups in total. The number of aromatic nitrogens is 2. The first-order valence-corrected chi connectivity index (χ1v) is 9.56. The van der Waals surface area contributed by atoms with Gasteiger partial charge in [-0.05, 0) is 43.5 Å². The molecule has 7 heteroatoms. The maximum absolute atomic E-state index is 12.5. The lowest BCUT2D eigenvalue weighted by atomic mass is 10.1. The molecule has 0 bridgehead atoms. The number of nitrogens with zero attached hydrogens (tertiary/aromatic N) is 1. The number of fused-ring (bicyclic) bond motifs is 1. The fourth-order valence-corrected chi connectivity index (χ4v) is 3.32. The van der Waals surface area contributed by atoms with Crippen LogP contribution in [0.25, 0.3) is 17.0 Å². The topological polar surface area (TPSA) is 90.4 Å². The third kappa shape index (κ3) is 4.75. The van der Waals surface area contributed by atoms with Crippen LogP contribution in [0.5, 0.6) is 0 Å². The number of ether oxygens (including phenoxy) is 2. The summed E-state index contributed by atoms with van der Waals surface area (Å²) in [5, 5.41) is 0.851. The lowest BCUT2D eigenvalue weighted by Crippen LogP contribution is -2.14. The van der Waals surface area contributed by atoms with Crippen LogP contribution in [0, 0.1) is 13.8 Å². The molecule has 30 heavy (non-hydrogen) atoms. The molecule has 0 saturated heterocycles. The summed E-state index contributed by atoms with van der Waals surface area (Å²) in [7, 11) is 1.62. The van der Waals surface area contributed by atoms with Gasteiger partial charge in [0.2, 0.25) is 5.78 Å². The number of nitrogens with one attached hydrogen (secondary N) is 1. The molecule has 0 saturated carbocycles. The van der Waals surface area contributed by atoms with E-state index >= 15 is 0 Å². The van der Waals surface area contributed by atoms with Gasteiger partial charge in [-0.2, -0.15) is 0 Å². The standard InChI is InChI=1S/C23H24N2O5/c1-15-12-19(16(2)25(15)10-11-29-3)21(26)14-30-22(27)9-8-18-13-17-6-4-5-7-20(17)24-23(18)28/h4-9,12-13H,10-11,14H2,1-3H3,(H,24,28). The Morgan fingerprint density at radius 1 is 1.17 bits per heavy atom. The minimum atomic E-state index is -0.691. The number of carbonyl (C=O) groups excluding carboxylic acids is 2. The Hall–Kier alpha value is -3.45. The summed E-state index contributed by atoms with van der Waals surface area (Å²) >= 11 is 0. The van der Waals surface area contributed by atoms with Gasteiger partial charge >= 0.3 is 5.97 Å². The summed E-state index contributed by atoms with van der Waals surface area (Å²) in [5.74, 6) is -0.971. The van der Waals surface area contributed by atoms with E-state index in [9.17, 15) is 14.4 Å². The van der Waals surface area contributed by atoms with E-state index in [0.29, 0.717) is 24.3 Å². The van der Waals surface area contributed by atoms with Crippen molar-refractivity contribution in [3.05, 3.63) is 75.3 Å². The first-order chi connectivity index (χ1) is 14.4. The number of aryl methyl sites for hydroxylation is 1. The van der Waals surface area contributed by atoms with Crippen LogP contribution in [-0.4, -0.2) is 41.6 Å². The molecule has 0 unspecified atom stereocenters. The zero-order valence-electron chi connectivity index (χ0n) is 17.2. The number of hydrogen-bond acceptors (Lipinski definition) is 5. The first kappa shape index (κ1) is 21.3. The number of carbonyl (C=O) groups is 2. The van der Waals surface area contributed by atoms with Crippen molar-refractivity contribution in [2.45, 2.75) is 20.4 Å². The maximum Gasteiger partial charge on any atom is 0.331 e. The number of H-pyrrole nitrogens is 1. The highest BCUT2D eigenvalue weighted by molar-refractivity contribution is 6.00. The summed E-state index contributed by atoms with van der Waals surface area (Å²) < 4.78 is 12.2. The van der Waals surface area contributed by atoms with E-state index in [1.54, 1.807) is 25.3 Å². The first-order valence-electron chi connectivity index (χ1n) is 9.56. The van der Waals surface area contributed by atoms with Crippen molar-refractivity contribution in [3.63, 3.8) is 0 Å². The van der Waals surface area contributed by atoms with Crippen molar-refractivity contribution in [1.29, 1.82) is 0 Å². The fraction of sp³-hybridized carbons (Fsp3) is 0.261. The summed E-state index contributed by atoms with van der Waals surface area (Å²) in [5.41, 5.74) is 3.01. The molecule has 0 amide bonds. The third-order valence-electron chi connectivity index (χ3n) is 4.92. The quantitative estimate of drug-likeness (QED) is 0.352. The highest BCUT2D eigenvalue weighted by Gasteiger charge is 2.16. The minimum Gasteiger partial charge on any atom is -0.454 e. The molecule has 7 nitrogen and oxygen atoms in total. The normalized spacial score (nSPS) is 11.3. The number of Topliss-reactive ketones (excluding diaryl/α,β-unsaturated/α-hetero) is 1. The van der Waals surface area contributed by atoms with E-state index in [4.69, 9.17) is 9.47 Å². The van der Waals surface area contributed by atoms with Crippen molar-refractivity contribution in [2.75, 3.05) is 20.3 Å². The van der Waals surface area contributed by atoms with Gasteiger partial charge in [0.05, 0.1) is 6.61 Å². The van der Waals surface area contributed by atoms with Gasteiger partial charge in [0.1, 0.15) is 0 Å². The fourth-order valence-electron chi connectivity index (χ4n) is 3.32. The van der Waals surface area contributed by atoms with Gasteiger partial charge in [0.15, 0.2) is 6.61 Å². The van der Waals surface area contributed by atoms with Crippen molar-refractivity contribution >= 4 is 28.7 Å². The van der Waals surface area contributed by atoms with Crippen LogP contribution in [0.3, 0.4) is 0 Å². The Balaban J connectivity index is 1.64. The van der Waals surface area contributed by atoms with Crippen molar-refractivity contribution in [1.82, 2.24) is 9.55 Å². The number of para-hydroxylation sites is 1. The highest BCUT2D eigenvalue weighted by atomic mass is 16.5. The summed E-state index contributed by atoms with van der Waals surface area (Å²) in [6, 6.07) is 10.8. The molecule has 0 aliphatic heterocycles. The Morgan fingerprint density at radius 2 is 1.93 bits per heavy atom. The molecule has 0 atom stereocenters. The van der Waals surface area contributed by atoms with Crippen molar-refractivity contribution in [2.24, 2.45) is 0 Å². The minimum absolute atomic E-state index is 0.280. The zero-order chi connectivity index (χ0) is 21.7. The largest absolute Gasteiger partial charge is 0.454 e. The molecule has 3 aromatic rings.